The Morgan fingerprint density at radius 2 is 1.84 bits per heavy atom. The van der Waals surface area contributed by atoms with E-state index in [1.54, 1.807) is 7.11 Å². The number of benzene rings is 2. The van der Waals surface area contributed by atoms with Crippen LogP contribution in [0.25, 0.3) is 0 Å². The zero-order valence-corrected chi connectivity index (χ0v) is 18.5. The summed E-state index contributed by atoms with van der Waals surface area (Å²) in [5.74, 6) is 1.62. The Labute approximate surface area is 190 Å². The molecule has 1 aliphatic heterocycles. The second-order valence-corrected chi connectivity index (χ2v) is 8.87. The summed E-state index contributed by atoms with van der Waals surface area (Å²) in [5.41, 5.74) is 3.88. The number of anilines is 1. The number of aromatic nitrogens is 2. The molecule has 0 spiro atoms. The summed E-state index contributed by atoms with van der Waals surface area (Å²) in [6.45, 7) is 0. The predicted octanol–water partition coefficient (Wildman–Crippen LogP) is 4.64. The number of carbonyl (C=O) groups is 1. The number of nitrogens with zero attached hydrogens (tertiary/aromatic N) is 1. The summed E-state index contributed by atoms with van der Waals surface area (Å²) in [4.78, 5) is 33.9. The topological polar surface area (TPSA) is 84.1 Å². The van der Waals surface area contributed by atoms with Gasteiger partial charge in [0, 0.05) is 29.4 Å². The highest BCUT2D eigenvalue weighted by molar-refractivity contribution is 7.98. The molecule has 0 unspecified atom stereocenters. The van der Waals surface area contributed by atoms with Crippen molar-refractivity contribution in [1.82, 2.24) is 9.97 Å². The number of methoxy groups -OCH3 is 1. The minimum absolute atomic E-state index is 0.0900. The molecule has 32 heavy (non-hydrogen) atoms. The smallest absolute Gasteiger partial charge is 0.257 e. The number of rotatable bonds is 5. The van der Waals surface area contributed by atoms with Crippen molar-refractivity contribution in [3.8, 4) is 5.75 Å². The van der Waals surface area contributed by atoms with Crippen LogP contribution in [0, 0.1) is 0 Å². The maximum Gasteiger partial charge on any atom is 0.257 e. The molecule has 0 saturated carbocycles. The number of hydrogen-bond acceptors (Lipinski definition) is 6. The Hall–Kier alpha value is -3.32. The number of aromatic amines is 1. The van der Waals surface area contributed by atoms with Crippen molar-refractivity contribution in [2.45, 2.75) is 36.1 Å². The minimum atomic E-state index is -0.440. The van der Waals surface area contributed by atoms with E-state index < -0.39 is 5.92 Å². The lowest BCUT2D eigenvalue weighted by Crippen LogP contribution is -2.32. The van der Waals surface area contributed by atoms with Crippen LogP contribution in [-0.4, -0.2) is 22.9 Å². The lowest BCUT2D eigenvalue weighted by molar-refractivity contribution is -0.116. The van der Waals surface area contributed by atoms with Gasteiger partial charge in [-0.25, -0.2) is 4.98 Å². The molecule has 1 aliphatic carbocycles. The van der Waals surface area contributed by atoms with Gasteiger partial charge in [-0.1, -0.05) is 54.2 Å². The van der Waals surface area contributed by atoms with Gasteiger partial charge in [0.2, 0.25) is 0 Å². The van der Waals surface area contributed by atoms with Crippen LogP contribution in [0.15, 0.2) is 75.8 Å². The van der Waals surface area contributed by atoms with E-state index >= 15 is 0 Å². The molecule has 3 aromatic rings. The van der Waals surface area contributed by atoms with Crippen LogP contribution < -0.4 is 15.6 Å². The van der Waals surface area contributed by atoms with E-state index in [4.69, 9.17) is 9.72 Å². The van der Waals surface area contributed by atoms with Gasteiger partial charge in [-0.3, -0.25) is 9.59 Å². The molecule has 7 heteroatoms. The Kier molecular flexibility index (Phi) is 5.57. The molecule has 2 heterocycles. The van der Waals surface area contributed by atoms with Gasteiger partial charge in [-0.15, -0.1) is 0 Å². The number of H-pyrrole nitrogens is 1. The summed E-state index contributed by atoms with van der Waals surface area (Å²) in [7, 11) is 1.61. The SMILES string of the molecule is COc1ccc([C@H]2C3=C(CCCC3=O)Nc3nc(SCc4ccccc4)[nH]c(=O)c32)cc1. The molecule has 5 rings (SSSR count). The van der Waals surface area contributed by atoms with Crippen molar-refractivity contribution in [3.63, 3.8) is 0 Å². The summed E-state index contributed by atoms with van der Waals surface area (Å²) in [5, 5.41) is 3.88. The Bertz CT molecular complexity index is 1250. The van der Waals surface area contributed by atoms with Crippen LogP contribution in [0.3, 0.4) is 0 Å². The second kappa shape index (κ2) is 8.67. The third-order valence-corrected chi connectivity index (χ3v) is 6.85. The summed E-state index contributed by atoms with van der Waals surface area (Å²) in [6, 6.07) is 17.6. The van der Waals surface area contributed by atoms with Crippen LogP contribution in [0.2, 0.25) is 0 Å². The molecule has 162 valence electrons. The fraction of sp³-hybridized carbons (Fsp3) is 0.240. The molecule has 2 aromatic carbocycles. The van der Waals surface area contributed by atoms with E-state index in [-0.39, 0.29) is 11.3 Å². The van der Waals surface area contributed by atoms with E-state index in [2.05, 4.69) is 10.3 Å². The monoisotopic (exact) mass is 445 g/mol. The Morgan fingerprint density at radius 1 is 1.06 bits per heavy atom. The molecule has 6 nitrogen and oxygen atoms in total. The molecule has 0 fully saturated rings. The summed E-state index contributed by atoms with van der Waals surface area (Å²) in [6.07, 6.45) is 2.07. The number of nitrogens with one attached hydrogen (secondary N) is 2. The lowest BCUT2D eigenvalue weighted by atomic mass is 9.76. The first kappa shape index (κ1) is 20.6. The highest BCUT2D eigenvalue weighted by Gasteiger charge is 2.37. The molecule has 0 saturated heterocycles. The molecular formula is C25H23N3O3S. The van der Waals surface area contributed by atoms with Crippen LogP contribution >= 0.6 is 11.8 Å². The number of allylic oxidation sites excluding steroid dienone is 2. The third-order valence-electron chi connectivity index (χ3n) is 5.90. The number of fused-ring (bicyclic) bond motifs is 1. The van der Waals surface area contributed by atoms with Crippen LogP contribution in [0.1, 0.15) is 41.9 Å². The molecule has 0 amide bonds. The minimum Gasteiger partial charge on any atom is -0.497 e. The van der Waals surface area contributed by atoms with Crippen molar-refractivity contribution in [3.05, 3.63) is 92.9 Å². The number of ether oxygens (including phenoxy) is 1. The molecule has 0 radical (unpaired) electrons. The van der Waals surface area contributed by atoms with Gasteiger partial charge in [-0.05, 0) is 36.1 Å². The zero-order chi connectivity index (χ0) is 22.1. The first-order valence-corrected chi connectivity index (χ1v) is 11.6. The first-order chi connectivity index (χ1) is 15.6. The number of hydrogen-bond donors (Lipinski definition) is 2. The molecule has 2 N–H and O–H groups in total. The van der Waals surface area contributed by atoms with Gasteiger partial charge in [0.25, 0.3) is 5.56 Å². The normalized spacial score (nSPS) is 17.4. The molecule has 0 bridgehead atoms. The lowest BCUT2D eigenvalue weighted by Gasteiger charge is -2.32. The van der Waals surface area contributed by atoms with Gasteiger partial charge in [0.15, 0.2) is 10.9 Å². The van der Waals surface area contributed by atoms with Gasteiger partial charge >= 0.3 is 0 Å². The van der Waals surface area contributed by atoms with Crippen molar-refractivity contribution in [2.75, 3.05) is 12.4 Å². The van der Waals surface area contributed by atoms with Crippen molar-refractivity contribution < 1.29 is 9.53 Å². The van der Waals surface area contributed by atoms with Crippen LogP contribution in [0.4, 0.5) is 5.82 Å². The fourth-order valence-corrected chi connectivity index (χ4v) is 5.18. The molecule has 2 aliphatic rings. The Morgan fingerprint density at radius 3 is 2.59 bits per heavy atom. The zero-order valence-electron chi connectivity index (χ0n) is 17.7. The van der Waals surface area contributed by atoms with E-state index in [0.717, 1.165) is 35.4 Å². The van der Waals surface area contributed by atoms with Crippen LogP contribution in [0.5, 0.6) is 5.75 Å². The predicted molar refractivity (Wildman–Crippen MR) is 125 cm³/mol. The maximum atomic E-state index is 13.3. The standard InChI is InChI=1S/C25H23N3O3S/c1-31-17-12-10-16(11-13-17)20-21-18(8-5-9-19(21)29)26-23-22(20)24(30)28-25(27-23)32-14-15-6-3-2-4-7-15/h2-4,6-7,10-13,20H,5,8-9,14H2,1H3,(H2,26,27,28,30)/t20-/m0/s1. The number of carbonyl (C=O) groups excluding carboxylic acids is 1. The van der Waals surface area contributed by atoms with E-state index in [1.807, 2.05) is 54.6 Å². The largest absolute Gasteiger partial charge is 0.497 e. The third kappa shape index (κ3) is 3.84. The van der Waals surface area contributed by atoms with Crippen molar-refractivity contribution >= 4 is 23.4 Å². The first-order valence-electron chi connectivity index (χ1n) is 10.6. The highest BCUT2D eigenvalue weighted by Crippen LogP contribution is 2.43. The molecular weight excluding hydrogens is 422 g/mol. The number of Topliss-reactive ketones (excluding diaryl/α,β-unsaturated/α-hetero) is 1. The summed E-state index contributed by atoms with van der Waals surface area (Å²) >= 11 is 1.49. The fourth-order valence-electron chi connectivity index (χ4n) is 4.36. The summed E-state index contributed by atoms with van der Waals surface area (Å²) < 4.78 is 5.28. The average Bonchev–Trinajstić information content (AvgIpc) is 2.82. The maximum absolute atomic E-state index is 13.3. The average molecular weight is 446 g/mol. The molecule has 1 aromatic heterocycles. The van der Waals surface area contributed by atoms with Gasteiger partial charge < -0.3 is 15.0 Å². The van der Waals surface area contributed by atoms with E-state index in [1.165, 1.54) is 11.8 Å². The van der Waals surface area contributed by atoms with E-state index in [9.17, 15) is 9.59 Å². The quantitative estimate of drug-likeness (QED) is 0.440. The Balaban J connectivity index is 1.56. The second-order valence-electron chi connectivity index (χ2n) is 7.91. The van der Waals surface area contributed by atoms with Crippen molar-refractivity contribution in [1.29, 1.82) is 0 Å². The van der Waals surface area contributed by atoms with Gasteiger partial charge in [0.05, 0.1) is 12.7 Å². The molecule has 1 atom stereocenters. The van der Waals surface area contributed by atoms with Gasteiger partial charge in [0.1, 0.15) is 11.6 Å². The van der Waals surface area contributed by atoms with E-state index in [0.29, 0.717) is 34.3 Å². The number of thioether (sulfide) groups is 1. The van der Waals surface area contributed by atoms with Crippen LogP contribution in [-0.2, 0) is 10.5 Å². The van der Waals surface area contributed by atoms with Crippen molar-refractivity contribution in [2.24, 2.45) is 0 Å². The van der Waals surface area contributed by atoms with Gasteiger partial charge in [-0.2, -0.15) is 0 Å². The highest BCUT2D eigenvalue weighted by atomic mass is 32.2. The number of ketones is 1.